The molecule has 1 N–H and O–H groups in total. The second kappa shape index (κ2) is 13.6. The zero-order chi connectivity index (χ0) is 31.5. The van der Waals surface area contributed by atoms with Gasteiger partial charge >= 0.3 is 0 Å². The molecule has 2 aromatic rings. The molecule has 3 aliphatic rings. The number of aryl methyl sites for hydroxylation is 1. The predicted molar refractivity (Wildman–Crippen MR) is 173 cm³/mol. The first-order valence-corrected chi connectivity index (χ1v) is 17.5. The lowest BCUT2D eigenvalue weighted by Gasteiger charge is -2.49. The summed E-state index contributed by atoms with van der Waals surface area (Å²) in [5.74, 6) is 0.0440. The summed E-state index contributed by atoms with van der Waals surface area (Å²) in [6.45, 7) is 5.21. The molecule has 0 unspecified atom stereocenters. The van der Waals surface area contributed by atoms with E-state index in [1.54, 1.807) is 32.2 Å². The van der Waals surface area contributed by atoms with Crippen molar-refractivity contribution in [2.75, 3.05) is 25.1 Å². The smallest absolute Gasteiger partial charge is 0.264 e. The number of carbonyl (C=O) groups excluding carboxylic acids is 2. The van der Waals surface area contributed by atoms with Gasteiger partial charge in [0.05, 0.1) is 16.5 Å². The van der Waals surface area contributed by atoms with E-state index < -0.39 is 26.8 Å². The lowest BCUT2D eigenvalue weighted by Crippen LogP contribution is -2.51. The molecule has 8 nitrogen and oxygen atoms in total. The quantitative estimate of drug-likeness (QED) is 0.319. The summed E-state index contributed by atoms with van der Waals surface area (Å²) >= 11 is 6.32. The van der Waals surface area contributed by atoms with Crippen molar-refractivity contribution in [2.24, 2.45) is 17.8 Å². The normalized spacial score (nSPS) is 29.8. The zero-order valence-corrected chi connectivity index (χ0v) is 27.3. The number of anilines is 1. The average molecular weight is 643 g/mol. The number of halogens is 1. The number of methoxy groups -OCH3 is 1. The molecule has 1 aliphatic carbocycles. The molecule has 1 amide bonds. The minimum absolute atomic E-state index is 0.110. The number of fused-ring (bicyclic) bond motifs is 3. The molecular formula is C34H43ClN2O6S. The number of nitrogens with one attached hydrogen (secondary N) is 1. The fourth-order valence-electron chi connectivity index (χ4n) is 6.83. The van der Waals surface area contributed by atoms with Crippen molar-refractivity contribution in [1.29, 1.82) is 0 Å². The van der Waals surface area contributed by atoms with Gasteiger partial charge in [-0.25, -0.2) is 13.1 Å². The van der Waals surface area contributed by atoms with Gasteiger partial charge in [0, 0.05) is 37.2 Å². The Bertz CT molecular complexity index is 1510. The minimum atomic E-state index is -3.97. The van der Waals surface area contributed by atoms with Gasteiger partial charge in [-0.2, -0.15) is 0 Å². The number of aldehydes is 1. The molecule has 5 rings (SSSR count). The van der Waals surface area contributed by atoms with Crippen LogP contribution in [-0.2, 0) is 32.6 Å². The van der Waals surface area contributed by atoms with E-state index in [4.69, 9.17) is 21.1 Å². The SMILES string of the molecule is CO[C@]1(CC=O)/C=C/C[C@H](C)[C@@H](C)S(=O)(=O)NC(=O)c2ccc3c(c2)N(CCCCc2cc(Cl)ccc2CO3)C[C@@H]2CC[C@H]21. The molecule has 1 saturated carbocycles. The Morgan fingerprint density at radius 2 is 1.95 bits per heavy atom. The van der Waals surface area contributed by atoms with Crippen LogP contribution in [0.4, 0.5) is 5.69 Å². The maximum Gasteiger partial charge on any atom is 0.264 e. The third-order valence-electron chi connectivity index (χ3n) is 9.95. The number of rotatable bonds is 3. The topological polar surface area (TPSA) is 102 Å². The largest absolute Gasteiger partial charge is 0.487 e. The number of hydrogen-bond donors (Lipinski definition) is 1. The number of benzene rings is 2. The van der Waals surface area contributed by atoms with Crippen molar-refractivity contribution in [3.63, 3.8) is 0 Å². The molecule has 44 heavy (non-hydrogen) atoms. The number of allylic oxidation sites excluding steroid dienone is 1. The maximum absolute atomic E-state index is 13.4. The van der Waals surface area contributed by atoms with Gasteiger partial charge in [-0.3, -0.25) is 4.79 Å². The highest BCUT2D eigenvalue weighted by atomic mass is 35.5. The van der Waals surface area contributed by atoms with Crippen LogP contribution in [0.1, 0.15) is 73.9 Å². The van der Waals surface area contributed by atoms with Crippen molar-refractivity contribution in [1.82, 2.24) is 4.72 Å². The average Bonchev–Trinajstić information content (AvgIpc) is 3.01. The van der Waals surface area contributed by atoms with Gasteiger partial charge in [0.25, 0.3) is 5.91 Å². The molecule has 10 heteroatoms. The molecule has 5 atom stereocenters. The van der Waals surface area contributed by atoms with Crippen molar-refractivity contribution in [3.8, 4) is 5.75 Å². The Balaban J connectivity index is 1.58. The lowest BCUT2D eigenvalue weighted by molar-refractivity contribution is -0.120. The molecule has 2 heterocycles. The van der Waals surface area contributed by atoms with Crippen LogP contribution in [0, 0.1) is 17.8 Å². The summed E-state index contributed by atoms with van der Waals surface area (Å²) in [6, 6.07) is 11.0. The first-order chi connectivity index (χ1) is 21.1. The number of carbonyl (C=O) groups is 2. The van der Waals surface area contributed by atoms with Crippen LogP contribution in [0.25, 0.3) is 0 Å². The number of amides is 1. The van der Waals surface area contributed by atoms with E-state index in [-0.39, 0.29) is 29.7 Å². The minimum Gasteiger partial charge on any atom is -0.487 e. The summed E-state index contributed by atoms with van der Waals surface area (Å²) in [5, 5.41) is -0.127. The van der Waals surface area contributed by atoms with Crippen LogP contribution in [0.2, 0.25) is 5.02 Å². The molecule has 0 aromatic heterocycles. The fraction of sp³-hybridized carbons (Fsp3) is 0.529. The highest BCUT2D eigenvalue weighted by Gasteiger charge is 2.47. The van der Waals surface area contributed by atoms with Gasteiger partial charge in [0.1, 0.15) is 18.6 Å². The molecule has 2 aromatic carbocycles. The summed E-state index contributed by atoms with van der Waals surface area (Å²) < 4.78 is 41.4. The predicted octanol–water partition coefficient (Wildman–Crippen LogP) is 6.11. The molecule has 0 radical (unpaired) electrons. The van der Waals surface area contributed by atoms with Crippen molar-refractivity contribution < 1.29 is 27.5 Å². The molecule has 2 bridgehead atoms. The van der Waals surface area contributed by atoms with E-state index in [0.717, 1.165) is 61.7 Å². The number of sulfonamides is 1. The molecule has 1 fully saturated rings. The monoisotopic (exact) mass is 642 g/mol. The van der Waals surface area contributed by atoms with Crippen molar-refractivity contribution in [3.05, 3.63) is 70.3 Å². The van der Waals surface area contributed by atoms with Gasteiger partial charge in [-0.1, -0.05) is 36.7 Å². The summed E-state index contributed by atoms with van der Waals surface area (Å²) in [4.78, 5) is 27.6. The second-order valence-electron chi connectivity index (χ2n) is 12.6. The summed E-state index contributed by atoms with van der Waals surface area (Å²) in [6.07, 6.45) is 10.1. The Kier molecular flexibility index (Phi) is 10.1. The van der Waals surface area contributed by atoms with E-state index in [0.29, 0.717) is 30.3 Å². The Labute approximate surface area is 266 Å². The third-order valence-corrected chi connectivity index (χ3v) is 12.1. The third kappa shape index (κ3) is 6.85. The van der Waals surface area contributed by atoms with Gasteiger partial charge in [-0.15, -0.1) is 0 Å². The fourth-order valence-corrected chi connectivity index (χ4v) is 8.31. The highest BCUT2D eigenvalue weighted by Crippen LogP contribution is 2.47. The number of ether oxygens (including phenoxy) is 2. The van der Waals surface area contributed by atoms with Crippen LogP contribution < -0.4 is 14.4 Å². The lowest BCUT2D eigenvalue weighted by atomic mass is 9.63. The van der Waals surface area contributed by atoms with Gasteiger partial charge in [0.2, 0.25) is 10.0 Å². The van der Waals surface area contributed by atoms with Gasteiger partial charge in [-0.05, 0) is 105 Å². The second-order valence-corrected chi connectivity index (χ2v) is 15.0. The summed E-state index contributed by atoms with van der Waals surface area (Å²) in [7, 11) is -2.31. The van der Waals surface area contributed by atoms with Gasteiger partial charge < -0.3 is 19.2 Å². The van der Waals surface area contributed by atoms with Crippen LogP contribution in [0.15, 0.2) is 48.6 Å². The Hall–Kier alpha value is -2.88. The zero-order valence-electron chi connectivity index (χ0n) is 25.8. The molecule has 238 valence electrons. The first kappa shape index (κ1) is 32.5. The standard InChI is InChI=1S/C34H43ClN2O6S/c1-23-7-6-15-34(42-3,16-18-38)30-13-10-27(30)21-37-17-5-4-8-25-19-29(35)12-9-28(25)22-43-32-14-11-26(20-31(32)37)33(39)36-44(40,41)24(23)2/h6,9,11-12,14-15,18-20,23-24,27,30H,4-5,7-8,10,13,16-17,21-22H2,1-3H3,(H,36,39)/b15-6+/t23-,24+,27-,30+,34-/m0/s1. The van der Waals surface area contributed by atoms with Crippen molar-refractivity contribution in [2.45, 2.75) is 76.3 Å². The van der Waals surface area contributed by atoms with Crippen LogP contribution in [0.5, 0.6) is 5.75 Å². The van der Waals surface area contributed by atoms with Crippen LogP contribution in [0.3, 0.4) is 0 Å². The summed E-state index contributed by atoms with van der Waals surface area (Å²) in [5.41, 5.74) is 2.46. The Morgan fingerprint density at radius 1 is 1.14 bits per heavy atom. The van der Waals surface area contributed by atoms with E-state index >= 15 is 0 Å². The highest BCUT2D eigenvalue weighted by molar-refractivity contribution is 7.90. The van der Waals surface area contributed by atoms with E-state index in [1.165, 1.54) is 0 Å². The van der Waals surface area contributed by atoms with E-state index in [9.17, 15) is 18.0 Å². The van der Waals surface area contributed by atoms with E-state index in [1.807, 2.05) is 37.3 Å². The Morgan fingerprint density at radius 3 is 2.68 bits per heavy atom. The van der Waals surface area contributed by atoms with E-state index in [2.05, 4.69) is 9.62 Å². The molecule has 0 spiro atoms. The maximum atomic E-state index is 13.4. The molecule has 0 saturated heterocycles. The molecular weight excluding hydrogens is 600 g/mol. The number of nitrogens with zero attached hydrogens (tertiary/aromatic N) is 1. The number of hydrogen-bond acceptors (Lipinski definition) is 7. The van der Waals surface area contributed by atoms with Crippen LogP contribution >= 0.6 is 11.6 Å². The van der Waals surface area contributed by atoms with Crippen molar-refractivity contribution >= 4 is 39.5 Å². The van der Waals surface area contributed by atoms with Crippen LogP contribution in [-0.4, -0.2) is 51.7 Å². The first-order valence-electron chi connectivity index (χ1n) is 15.6. The molecule has 2 aliphatic heterocycles. The van der Waals surface area contributed by atoms with Gasteiger partial charge in [0.15, 0.2) is 0 Å².